The molecule has 0 atom stereocenters. The van der Waals surface area contributed by atoms with Crippen molar-refractivity contribution in [3.63, 3.8) is 0 Å². The van der Waals surface area contributed by atoms with Crippen LogP contribution >= 0.6 is 0 Å². The Labute approximate surface area is 99.6 Å². The van der Waals surface area contributed by atoms with Crippen molar-refractivity contribution in [2.24, 2.45) is 0 Å². The highest BCUT2D eigenvalue weighted by Crippen LogP contribution is 2.09. The monoisotopic (exact) mass is 252 g/mol. The van der Waals surface area contributed by atoms with Crippen LogP contribution in [0.25, 0.3) is 0 Å². The Bertz CT molecular complexity index is 707. The molecule has 0 bridgehead atoms. The third-order valence-electron chi connectivity index (χ3n) is 2.27. The van der Waals surface area contributed by atoms with E-state index in [1.165, 1.54) is 12.3 Å². The molecule has 0 fully saturated rings. The number of aromatic amines is 1. The molecule has 0 aromatic carbocycles. The summed E-state index contributed by atoms with van der Waals surface area (Å²) in [6.07, 6.45) is 1.47. The van der Waals surface area contributed by atoms with Crippen LogP contribution in [-0.2, 0) is 6.54 Å². The molecule has 2 heterocycles. The molecule has 0 radical (unpaired) electrons. The zero-order chi connectivity index (χ0) is 13.3. The highest BCUT2D eigenvalue weighted by Gasteiger charge is 2.14. The molecule has 0 saturated heterocycles. The number of aryl methyl sites for hydroxylation is 1. The molecule has 7 nitrogen and oxygen atoms in total. The van der Waals surface area contributed by atoms with Gasteiger partial charge in [0.1, 0.15) is 5.82 Å². The van der Waals surface area contributed by atoms with Crippen molar-refractivity contribution in [3.8, 4) is 5.88 Å². The zero-order valence-electron chi connectivity index (χ0n) is 9.35. The van der Waals surface area contributed by atoms with E-state index in [4.69, 9.17) is 0 Å². The van der Waals surface area contributed by atoms with Crippen molar-refractivity contribution in [1.29, 1.82) is 0 Å². The van der Waals surface area contributed by atoms with Crippen LogP contribution in [0, 0.1) is 12.7 Å². The second kappa shape index (κ2) is 4.40. The minimum Gasteiger partial charge on any atom is -0.492 e. The molecule has 0 aliphatic carbocycles. The van der Waals surface area contributed by atoms with Crippen LogP contribution in [-0.4, -0.2) is 24.6 Å². The number of nitrogens with one attached hydrogen (secondary N) is 1. The fourth-order valence-electron chi connectivity index (χ4n) is 1.44. The summed E-state index contributed by atoms with van der Waals surface area (Å²) in [6.45, 7) is 1.49. The van der Waals surface area contributed by atoms with Crippen molar-refractivity contribution in [3.05, 3.63) is 50.4 Å². The summed E-state index contributed by atoms with van der Waals surface area (Å²) in [5, 5.41) is 9.41. The van der Waals surface area contributed by atoms with Gasteiger partial charge in [-0.05, 0) is 13.0 Å². The molecular formula is C10H9FN4O3. The lowest BCUT2D eigenvalue weighted by Gasteiger charge is -2.07. The molecule has 2 N–H and O–H groups in total. The fraction of sp³-hybridized carbons (Fsp3) is 0.200. The first-order valence-electron chi connectivity index (χ1n) is 4.99. The summed E-state index contributed by atoms with van der Waals surface area (Å²) in [5.74, 6) is -1.94. The third kappa shape index (κ3) is 2.12. The van der Waals surface area contributed by atoms with E-state index in [9.17, 15) is 19.1 Å². The molecule has 0 unspecified atom stereocenters. The van der Waals surface area contributed by atoms with Crippen molar-refractivity contribution in [2.45, 2.75) is 13.5 Å². The highest BCUT2D eigenvalue weighted by atomic mass is 19.1. The summed E-state index contributed by atoms with van der Waals surface area (Å²) in [6, 6.07) is 1.52. The first kappa shape index (κ1) is 12.0. The first-order valence-corrected chi connectivity index (χ1v) is 4.99. The largest absolute Gasteiger partial charge is 0.492 e. The molecule has 0 amide bonds. The molecule has 8 heteroatoms. The van der Waals surface area contributed by atoms with Crippen LogP contribution in [0.5, 0.6) is 5.88 Å². The summed E-state index contributed by atoms with van der Waals surface area (Å²) in [7, 11) is 0. The number of nitrogens with zero attached hydrogens (tertiary/aromatic N) is 3. The number of aromatic hydroxyl groups is 1. The van der Waals surface area contributed by atoms with Crippen molar-refractivity contribution in [2.75, 3.05) is 0 Å². The molecule has 2 rings (SSSR count). The number of hydrogen-bond acceptors (Lipinski definition) is 5. The van der Waals surface area contributed by atoms with Gasteiger partial charge in [-0.15, -0.1) is 0 Å². The van der Waals surface area contributed by atoms with Crippen LogP contribution in [0.15, 0.2) is 21.9 Å². The van der Waals surface area contributed by atoms with E-state index in [1.54, 1.807) is 11.9 Å². The Morgan fingerprint density at radius 2 is 2.22 bits per heavy atom. The Morgan fingerprint density at radius 1 is 1.50 bits per heavy atom. The number of rotatable bonds is 2. The van der Waals surface area contributed by atoms with Crippen LogP contribution in [0.4, 0.5) is 4.39 Å². The van der Waals surface area contributed by atoms with Gasteiger partial charge in [0.2, 0.25) is 11.7 Å². The summed E-state index contributed by atoms with van der Waals surface area (Å²) in [4.78, 5) is 32.0. The van der Waals surface area contributed by atoms with Gasteiger partial charge in [-0.25, -0.2) is 14.8 Å². The lowest BCUT2D eigenvalue weighted by Crippen LogP contribution is -2.32. The lowest BCUT2D eigenvalue weighted by molar-refractivity contribution is 0.366. The summed E-state index contributed by atoms with van der Waals surface area (Å²) >= 11 is 0. The van der Waals surface area contributed by atoms with Gasteiger partial charge in [0.05, 0.1) is 12.2 Å². The molecule has 2 aromatic rings. The lowest BCUT2D eigenvalue weighted by atomic mass is 10.4. The highest BCUT2D eigenvalue weighted by molar-refractivity contribution is 5.12. The third-order valence-corrected chi connectivity index (χ3v) is 2.27. The second-order valence-electron chi connectivity index (χ2n) is 3.58. The molecule has 18 heavy (non-hydrogen) atoms. The summed E-state index contributed by atoms with van der Waals surface area (Å²) in [5.41, 5.74) is -1.76. The standard InChI is InChI=1S/C10H9FN4O3/c1-5-12-3-2-6(13-5)4-15-9(17)7(11)8(16)14-10(15)18/h2-3,17H,4H2,1H3,(H,14,16,18). The maximum absolute atomic E-state index is 13.2. The topological polar surface area (TPSA) is 101 Å². The van der Waals surface area contributed by atoms with Crippen molar-refractivity contribution < 1.29 is 9.50 Å². The van der Waals surface area contributed by atoms with Crippen LogP contribution in [0.2, 0.25) is 0 Å². The molecule has 94 valence electrons. The molecular weight excluding hydrogens is 243 g/mol. The number of aromatic nitrogens is 4. The van der Waals surface area contributed by atoms with Crippen molar-refractivity contribution >= 4 is 0 Å². The zero-order valence-corrected chi connectivity index (χ0v) is 9.35. The Morgan fingerprint density at radius 3 is 2.89 bits per heavy atom. The molecule has 0 saturated carbocycles. The van der Waals surface area contributed by atoms with Crippen LogP contribution in [0.1, 0.15) is 11.5 Å². The van der Waals surface area contributed by atoms with Gasteiger partial charge in [0.15, 0.2) is 0 Å². The van der Waals surface area contributed by atoms with E-state index in [1.807, 2.05) is 0 Å². The maximum atomic E-state index is 13.2. The Balaban J connectivity index is 2.50. The van der Waals surface area contributed by atoms with E-state index < -0.39 is 22.9 Å². The van der Waals surface area contributed by atoms with Gasteiger partial charge < -0.3 is 5.11 Å². The summed E-state index contributed by atoms with van der Waals surface area (Å²) < 4.78 is 13.8. The average Bonchev–Trinajstić information content (AvgIpc) is 2.32. The van der Waals surface area contributed by atoms with E-state index in [-0.39, 0.29) is 6.54 Å². The van der Waals surface area contributed by atoms with E-state index in [2.05, 4.69) is 9.97 Å². The quantitative estimate of drug-likeness (QED) is 0.752. The number of H-pyrrole nitrogens is 1. The van der Waals surface area contributed by atoms with Crippen LogP contribution < -0.4 is 11.2 Å². The molecule has 0 spiro atoms. The fourth-order valence-corrected chi connectivity index (χ4v) is 1.44. The van der Waals surface area contributed by atoms with Gasteiger partial charge >= 0.3 is 5.69 Å². The average molecular weight is 252 g/mol. The van der Waals surface area contributed by atoms with Gasteiger partial charge in [-0.1, -0.05) is 0 Å². The number of halogens is 1. The van der Waals surface area contributed by atoms with Crippen molar-refractivity contribution in [1.82, 2.24) is 19.5 Å². The minimum atomic E-state index is -1.40. The Hall–Kier alpha value is -2.51. The van der Waals surface area contributed by atoms with E-state index >= 15 is 0 Å². The molecule has 2 aromatic heterocycles. The van der Waals surface area contributed by atoms with E-state index in [0.29, 0.717) is 16.1 Å². The predicted octanol–water partition coefficient (Wildman–Crippen LogP) is -0.472. The van der Waals surface area contributed by atoms with Gasteiger partial charge in [0, 0.05) is 6.20 Å². The SMILES string of the molecule is Cc1nccc(Cn2c(O)c(F)c(=O)[nH]c2=O)n1. The molecule has 0 aliphatic heterocycles. The van der Waals surface area contributed by atoms with Gasteiger partial charge in [0.25, 0.3) is 5.56 Å². The predicted molar refractivity (Wildman–Crippen MR) is 58.8 cm³/mol. The van der Waals surface area contributed by atoms with Gasteiger partial charge in [-0.3, -0.25) is 14.3 Å². The molecule has 0 aliphatic rings. The van der Waals surface area contributed by atoms with Gasteiger partial charge in [-0.2, -0.15) is 4.39 Å². The van der Waals surface area contributed by atoms with Crippen LogP contribution in [0.3, 0.4) is 0 Å². The smallest absolute Gasteiger partial charge is 0.331 e. The van der Waals surface area contributed by atoms with E-state index in [0.717, 1.165) is 0 Å². The second-order valence-corrected chi connectivity index (χ2v) is 3.58. The maximum Gasteiger partial charge on any atom is 0.331 e. The minimum absolute atomic E-state index is 0.165. The Kier molecular flexibility index (Phi) is 2.92. The first-order chi connectivity index (χ1) is 8.49. The number of hydrogen-bond donors (Lipinski definition) is 2. The normalized spacial score (nSPS) is 10.6.